The molecule has 2 aromatic rings. The maximum atomic E-state index is 10.6. The highest BCUT2D eigenvalue weighted by molar-refractivity contribution is 5.44. The number of ether oxygens (including phenoxy) is 1. The van der Waals surface area contributed by atoms with E-state index in [0.717, 1.165) is 0 Å². The van der Waals surface area contributed by atoms with Crippen molar-refractivity contribution >= 4 is 11.4 Å². The first-order valence-corrected chi connectivity index (χ1v) is 5.20. The van der Waals surface area contributed by atoms with Gasteiger partial charge in [-0.25, -0.2) is 4.98 Å². The third kappa shape index (κ3) is 2.54. The number of nitrogens with two attached hydrogens (primary N) is 1. The van der Waals surface area contributed by atoms with E-state index >= 15 is 0 Å². The summed E-state index contributed by atoms with van der Waals surface area (Å²) in [5.41, 5.74) is 6.73. The summed E-state index contributed by atoms with van der Waals surface area (Å²) in [6.07, 6.45) is 1.17. The summed E-state index contributed by atoms with van der Waals surface area (Å²) in [5.74, 6) is 0.916. The van der Waals surface area contributed by atoms with Crippen molar-refractivity contribution in [2.24, 2.45) is 0 Å². The molecule has 2 N–H and O–H groups in total. The normalized spacial score (nSPS) is 10.1. The third-order valence-corrected chi connectivity index (χ3v) is 2.32. The van der Waals surface area contributed by atoms with Gasteiger partial charge in [-0.15, -0.1) is 0 Å². The maximum absolute atomic E-state index is 10.6. The van der Waals surface area contributed by atoms with E-state index in [1.165, 1.54) is 12.3 Å². The molecular weight excluding hydrogens is 234 g/mol. The molecule has 0 atom stereocenters. The quantitative estimate of drug-likeness (QED) is 0.510. The topological polar surface area (TPSA) is 91.3 Å². The number of nitrogens with zero attached hydrogens (tertiary/aromatic N) is 2. The zero-order valence-electron chi connectivity index (χ0n) is 9.66. The standard InChI is InChI=1S/C12H11N3O3/c1-8-6-10(15(16)17)7-14-12(8)18-11-4-2-9(13)3-5-11/h2-7H,13H2,1H3. The van der Waals surface area contributed by atoms with Gasteiger partial charge in [-0.3, -0.25) is 10.1 Å². The van der Waals surface area contributed by atoms with E-state index in [1.54, 1.807) is 31.2 Å². The van der Waals surface area contributed by atoms with Crippen molar-refractivity contribution in [1.29, 1.82) is 0 Å². The van der Waals surface area contributed by atoms with Crippen molar-refractivity contribution in [3.05, 3.63) is 52.2 Å². The SMILES string of the molecule is Cc1cc([N+](=O)[O-])cnc1Oc1ccc(N)cc1. The lowest BCUT2D eigenvalue weighted by molar-refractivity contribution is -0.385. The van der Waals surface area contributed by atoms with Crippen LogP contribution in [-0.2, 0) is 0 Å². The van der Waals surface area contributed by atoms with E-state index in [1.807, 2.05) is 0 Å². The zero-order chi connectivity index (χ0) is 13.1. The summed E-state index contributed by atoms with van der Waals surface area (Å²) >= 11 is 0. The number of anilines is 1. The smallest absolute Gasteiger partial charge is 0.288 e. The highest BCUT2D eigenvalue weighted by atomic mass is 16.6. The molecule has 0 bridgehead atoms. The number of aromatic nitrogens is 1. The van der Waals surface area contributed by atoms with Crippen molar-refractivity contribution < 1.29 is 9.66 Å². The molecule has 1 aromatic heterocycles. The van der Waals surface area contributed by atoms with E-state index in [2.05, 4.69) is 4.98 Å². The van der Waals surface area contributed by atoms with Gasteiger partial charge in [0.25, 0.3) is 5.69 Å². The van der Waals surface area contributed by atoms with Gasteiger partial charge in [0, 0.05) is 17.3 Å². The highest BCUT2D eigenvalue weighted by Gasteiger charge is 2.10. The largest absolute Gasteiger partial charge is 0.439 e. The zero-order valence-corrected chi connectivity index (χ0v) is 9.66. The summed E-state index contributed by atoms with van der Waals surface area (Å²) in [6.45, 7) is 1.70. The van der Waals surface area contributed by atoms with Gasteiger partial charge in [0.1, 0.15) is 11.9 Å². The summed E-state index contributed by atoms with van der Waals surface area (Å²) in [6, 6.07) is 8.24. The summed E-state index contributed by atoms with van der Waals surface area (Å²) < 4.78 is 5.51. The van der Waals surface area contributed by atoms with Crippen LogP contribution in [0, 0.1) is 17.0 Å². The number of rotatable bonds is 3. The highest BCUT2D eigenvalue weighted by Crippen LogP contribution is 2.25. The maximum Gasteiger partial charge on any atom is 0.288 e. The Balaban J connectivity index is 2.24. The summed E-state index contributed by atoms with van der Waals surface area (Å²) in [4.78, 5) is 14.0. The molecule has 0 fully saturated rings. The van der Waals surface area contributed by atoms with Gasteiger partial charge in [-0.1, -0.05) is 0 Å². The molecule has 18 heavy (non-hydrogen) atoms. The Morgan fingerprint density at radius 2 is 2.00 bits per heavy atom. The van der Waals surface area contributed by atoms with Crippen LogP contribution in [0.4, 0.5) is 11.4 Å². The Kier molecular flexibility index (Phi) is 3.09. The molecule has 1 aromatic carbocycles. The first kappa shape index (κ1) is 11.8. The molecule has 92 valence electrons. The summed E-state index contributed by atoms with van der Waals surface area (Å²) in [7, 11) is 0. The van der Waals surface area contributed by atoms with E-state index < -0.39 is 4.92 Å². The predicted molar refractivity (Wildman–Crippen MR) is 66.6 cm³/mol. The van der Waals surface area contributed by atoms with Gasteiger partial charge in [0.2, 0.25) is 5.88 Å². The van der Waals surface area contributed by atoms with Gasteiger partial charge in [0.15, 0.2) is 0 Å². The molecule has 6 heteroatoms. The number of aryl methyl sites for hydroxylation is 1. The van der Waals surface area contributed by atoms with Gasteiger partial charge < -0.3 is 10.5 Å². The van der Waals surface area contributed by atoms with E-state index in [4.69, 9.17) is 10.5 Å². The number of benzene rings is 1. The minimum absolute atomic E-state index is 0.0582. The van der Waals surface area contributed by atoms with Crippen LogP contribution in [0.1, 0.15) is 5.56 Å². The van der Waals surface area contributed by atoms with E-state index in [0.29, 0.717) is 22.9 Å². The van der Waals surface area contributed by atoms with Gasteiger partial charge in [-0.05, 0) is 31.2 Å². The molecule has 0 saturated heterocycles. The summed E-state index contributed by atoms with van der Waals surface area (Å²) in [5, 5.41) is 10.6. The van der Waals surface area contributed by atoms with Gasteiger partial charge in [0.05, 0.1) is 4.92 Å². The molecule has 0 unspecified atom stereocenters. The fourth-order valence-electron chi connectivity index (χ4n) is 1.40. The lowest BCUT2D eigenvalue weighted by Gasteiger charge is -2.07. The first-order chi connectivity index (χ1) is 8.56. The minimum Gasteiger partial charge on any atom is -0.439 e. The fourth-order valence-corrected chi connectivity index (χ4v) is 1.40. The van der Waals surface area contributed by atoms with Gasteiger partial charge >= 0.3 is 0 Å². The molecule has 1 heterocycles. The second-order valence-corrected chi connectivity index (χ2v) is 3.74. The predicted octanol–water partition coefficient (Wildman–Crippen LogP) is 2.67. The van der Waals surface area contributed by atoms with Gasteiger partial charge in [-0.2, -0.15) is 0 Å². The Labute approximate surface area is 103 Å². The number of nitro groups is 1. The average molecular weight is 245 g/mol. The van der Waals surface area contributed by atoms with Crippen LogP contribution in [0.15, 0.2) is 36.5 Å². The van der Waals surface area contributed by atoms with Crippen LogP contribution in [0.2, 0.25) is 0 Å². The minimum atomic E-state index is -0.493. The molecule has 0 aliphatic rings. The van der Waals surface area contributed by atoms with E-state index in [9.17, 15) is 10.1 Å². The Bertz CT molecular complexity index is 582. The number of hydrogen-bond acceptors (Lipinski definition) is 5. The molecule has 0 radical (unpaired) electrons. The molecule has 0 aliphatic carbocycles. The van der Waals surface area contributed by atoms with Crippen LogP contribution in [-0.4, -0.2) is 9.91 Å². The third-order valence-electron chi connectivity index (χ3n) is 2.32. The molecule has 0 spiro atoms. The lowest BCUT2D eigenvalue weighted by atomic mass is 10.3. The molecular formula is C12H11N3O3. The van der Waals surface area contributed by atoms with Crippen molar-refractivity contribution in [2.75, 3.05) is 5.73 Å². The Morgan fingerprint density at radius 1 is 1.33 bits per heavy atom. The van der Waals surface area contributed by atoms with Crippen molar-refractivity contribution in [2.45, 2.75) is 6.92 Å². The van der Waals surface area contributed by atoms with Crippen molar-refractivity contribution in [3.8, 4) is 11.6 Å². The number of hydrogen-bond donors (Lipinski definition) is 1. The van der Waals surface area contributed by atoms with Crippen molar-refractivity contribution in [3.63, 3.8) is 0 Å². The number of nitrogen functional groups attached to an aromatic ring is 1. The average Bonchev–Trinajstić information content (AvgIpc) is 2.34. The van der Waals surface area contributed by atoms with Crippen LogP contribution >= 0.6 is 0 Å². The second kappa shape index (κ2) is 4.70. The first-order valence-electron chi connectivity index (χ1n) is 5.20. The van der Waals surface area contributed by atoms with Crippen LogP contribution < -0.4 is 10.5 Å². The van der Waals surface area contributed by atoms with Crippen molar-refractivity contribution in [1.82, 2.24) is 4.98 Å². The fraction of sp³-hybridized carbons (Fsp3) is 0.0833. The number of pyridine rings is 1. The van der Waals surface area contributed by atoms with Crippen LogP contribution in [0.25, 0.3) is 0 Å². The Hall–Kier alpha value is -2.63. The Morgan fingerprint density at radius 3 is 2.56 bits per heavy atom. The lowest BCUT2D eigenvalue weighted by Crippen LogP contribution is -1.95. The molecule has 0 amide bonds. The molecule has 2 rings (SSSR count). The molecule has 0 aliphatic heterocycles. The van der Waals surface area contributed by atoms with E-state index in [-0.39, 0.29) is 5.69 Å². The molecule has 0 saturated carbocycles. The second-order valence-electron chi connectivity index (χ2n) is 3.74. The monoisotopic (exact) mass is 245 g/mol. The van der Waals surface area contributed by atoms with Crippen LogP contribution in [0.5, 0.6) is 11.6 Å². The molecule has 6 nitrogen and oxygen atoms in total. The van der Waals surface area contributed by atoms with Crippen LogP contribution in [0.3, 0.4) is 0 Å².